The number of unbranched alkanes of at least 4 members (excludes halogenated alkanes) is 1. The van der Waals surface area contributed by atoms with Crippen LogP contribution in [-0.2, 0) is 25.1 Å². The Morgan fingerprint density at radius 3 is 2.18 bits per heavy atom. The average molecular weight is 499 g/mol. The number of aromatic nitrogens is 2. The first kappa shape index (κ1) is 27.1. The van der Waals surface area contributed by atoms with E-state index in [2.05, 4.69) is 21.8 Å². The van der Waals surface area contributed by atoms with Crippen LogP contribution in [-0.4, -0.2) is 16.2 Å². The van der Waals surface area contributed by atoms with E-state index in [9.17, 15) is 39.5 Å². The van der Waals surface area contributed by atoms with E-state index in [1.807, 2.05) is 0 Å². The summed E-state index contributed by atoms with van der Waals surface area (Å²) in [5.41, 5.74) is -6.71. The van der Waals surface area contributed by atoms with Crippen molar-refractivity contribution in [2.45, 2.75) is 51.8 Å². The number of alkyl halides is 9. The predicted molar refractivity (Wildman–Crippen MR) is 103 cm³/mol. The van der Waals surface area contributed by atoms with Crippen molar-refractivity contribution in [2.75, 3.05) is 6.61 Å². The molecule has 0 saturated carbocycles. The van der Waals surface area contributed by atoms with Gasteiger partial charge in [0, 0.05) is 12.6 Å². The minimum atomic E-state index is -5.27. The smallest absolute Gasteiger partial charge is 0.433 e. The lowest BCUT2D eigenvalue weighted by Gasteiger charge is -2.17. The molecule has 2 rings (SSSR count). The topological polar surface area (TPSA) is 39.4 Å². The summed E-state index contributed by atoms with van der Waals surface area (Å²) in [7, 11) is 0. The Bertz CT molecular complexity index is 1130. The zero-order valence-corrected chi connectivity index (χ0v) is 17.8. The Morgan fingerprint density at radius 1 is 0.971 bits per heavy atom. The molecule has 0 radical (unpaired) electrons. The molecule has 0 aliphatic rings. The van der Waals surface area contributed by atoms with Crippen molar-refractivity contribution in [3.05, 3.63) is 46.7 Å². The van der Waals surface area contributed by atoms with Crippen LogP contribution in [0.3, 0.4) is 0 Å². The monoisotopic (exact) mass is 499 g/mol. The van der Waals surface area contributed by atoms with Gasteiger partial charge in [0.15, 0.2) is 18.2 Å². The van der Waals surface area contributed by atoms with Gasteiger partial charge in [0.05, 0.1) is 16.8 Å². The Labute approximate surface area is 188 Å². The number of halogens is 9. The van der Waals surface area contributed by atoms with Crippen LogP contribution >= 0.6 is 0 Å². The summed E-state index contributed by atoms with van der Waals surface area (Å²) in [5.74, 6) is 4.56. The predicted octanol–water partition coefficient (Wildman–Crippen LogP) is 6.37. The van der Waals surface area contributed by atoms with Crippen molar-refractivity contribution in [2.24, 2.45) is 4.99 Å². The Hall–Kier alpha value is -3.17. The summed E-state index contributed by atoms with van der Waals surface area (Å²) in [6, 6.07) is 1.19. The summed E-state index contributed by atoms with van der Waals surface area (Å²) in [6.45, 7) is 2.87. The molecule has 0 fully saturated rings. The third kappa shape index (κ3) is 6.91. The third-order valence-electron chi connectivity index (χ3n) is 4.33. The van der Waals surface area contributed by atoms with E-state index in [4.69, 9.17) is 4.74 Å². The van der Waals surface area contributed by atoms with Crippen LogP contribution < -0.4 is 10.4 Å². The summed E-state index contributed by atoms with van der Waals surface area (Å²) < 4.78 is 126. The highest BCUT2D eigenvalue weighted by Gasteiger charge is 2.39. The molecule has 34 heavy (non-hydrogen) atoms. The van der Waals surface area contributed by atoms with Crippen molar-refractivity contribution in [3.8, 4) is 17.7 Å². The fraction of sp³-hybridized carbons (Fsp3) is 0.429. The molecule has 0 N–H and O–H groups in total. The van der Waals surface area contributed by atoms with Gasteiger partial charge in [0.2, 0.25) is 5.62 Å². The maximum absolute atomic E-state index is 13.5. The molecule has 1 aromatic heterocycles. The second-order valence-corrected chi connectivity index (χ2v) is 6.84. The lowest BCUT2D eigenvalue weighted by molar-refractivity contribution is -0.143. The van der Waals surface area contributed by atoms with Gasteiger partial charge in [0.1, 0.15) is 0 Å². The molecule has 0 saturated heterocycles. The molecule has 0 aliphatic carbocycles. The molecular formula is C21H18F9N3O. The van der Waals surface area contributed by atoms with Gasteiger partial charge in [-0.2, -0.15) is 39.5 Å². The van der Waals surface area contributed by atoms with E-state index >= 15 is 0 Å². The highest BCUT2D eigenvalue weighted by Crippen LogP contribution is 2.40. The standard InChI is InChI=1S/C21H18F9N3O/c1-3-5-9-33-17(34-10-6-4-2)12-16(21(28,29)30)32-18(33)31-15-8-7-13(19(22,23)24)11-14(15)20(25,26)27/h7-8,11-12H,3,5,9-10H2,1-2H3. The van der Waals surface area contributed by atoms with E-state index in [-0.39, 0.29) is 19.2 Å². The number of hydrogen-bond donors (Lipinski definition) is 0. The van der Waals surface area contributed by atoms with Crippen LogP contribution in [0.4, 0.5) is 45.2 Å². The molecule has 0 amide bonds. The lowest BCUT2D eigenvalue weighted by atomic mass is 10.1. The van der Waals surface area contributed by atoms with Gasteiger partial charge in [-0.15, -0.1) is 5.92 Å². The number of hydrogen-bond acceptors (Lipinski definition) is 3. The first-order valence-corrected chi connectivity index (χ1v) is 9.73. The molecule has 0 aliphatic heterocycles. The molecule has 0 spiro atoms. The van der Waals surface area contributed by atoms with Gasteiger partial charge >= 0.3 is 18.5 Å². The molecule has 1 aromatic carbocycles. The normalized spacial score (nSPS) is 13.0. The number of rotatable bonds is 6. The van der Waals surface area contributed by atoms with Crippen LogP contribution in [0.5, 0.6) is 5.88 Å². The van der Waals surface area contributed by atoms with Crippen molar-refractivity contribution < 1.29 is 44.3 Å². The molecule has 2 aromatic rings. The third-order valence-corrected chi connectivity index (χ3v) is 4.33. The molecular weight excluding hydrogens is 481 g/mol. The largest absolute Gasteiger partial charge is 0.466 e. The number of benzene rings is 1. The summed E-state index contributed by atoms with van der Waals surface area (Å²) in [4.78, 5) is 6.94. The highest BCUT2D eigenvalue weighted by molar-refractivity contribution is 5.50. The fourth-order valence-corrected chi connectivity index (χ4v) is 2.70. The minimum Gasteiger partial charge on any atom is -0.466 e. The molecule has 13 heteroatoms. The van der Waals surface area contributed by atoms with Crippen molar-refractivity contribution in [3.63, 3.8) is 0 Å². The van der Waals surface area contributed by atoms with Gasteiger partial charge in [-0.05, 0) is 31.5 Å². The Kier molecular flexibility index (Phi) is 8.28. The summed E-state index contributed by atoms with van der Waals surface area (Å²) in [6.07, 6.45) is -14.4. The quantitative estimate of drug-likeness (QED) is 0.342. The van der Waals surface area contributed by atoms with E-state index in [1.54, 1.807) is 6.92 Å². The van der Waals surface area contributed by atoms with Gasteiger partial charge in [-0.3, -0.25) is 4.57 Å². The van der Waals surface area contributed by atoms with E-state index in [0.717, 1.165) is 4.57 Å². The van der Waals surface area contributed by atoms with E-state index in [0.29, 0.717) is 31.0 Å². The summed E-state index contributed by atoms with van der Waals surface area (Å²) in [5, 5.41) is 0. The van der Waals surface area contributed by atoms with Gasteiger partial charge in [-0.25, -0.2) is 9.98 Å². The molecule has 0 atom stereocenters. The molecule has 0 bridgehead atoms. The van der Waals surface area contributed by atoms with Gasteiger partial charge in [0.25, 0.3) is 0 Å². The molecule has 1 heterocycles. The maximum atomic E-state index is 13.5. The van der Waals surface area contributed by atoms with Crippen molar-refractivity contribution in [1.82, 2.24) is 9.55 Å². The van der Waals surface area contributed by atoms with Gasteiger partial charge < -0.3 is 4.74 Å². The first-order chi connectivity index (χ1) is 15.7. The highest BCUT2D eigenvalue weighted by atomic mass is 19.4. The minimum absolute atomic E-state index is 0.0304. The fourth-order valence-electron chi connectivity index (χ4n) is 2.70. The molecule has 4 nitrogen and oxygen atoms in total. The van der Waals surface area contributed by atoms with Crippen molar-refractivity contribution in [1.29, 1.82) is 0 Å². The van der Waals surface area contributed by atoms with E-state index in [1.165, 1.54) is 6.92 Å². The number of ether oxygens (including phenoxy) is 1. The van der Waals surface area contributed by atoms with Crippen molar-refractivity contribution >= 4 is 5.69 Å². The second kappa shape index (κ2) is 10.4. The molecule has 0 unspecified atom stereocenters. The average Bonchev–Trinajstić information content (AvgIpc) is 2.71. The van der Waals surface area contributed by atoms with Crippen LogP contribution in [0.2, 0.25) is 0 Å². The van der Waals surface area contributed by atoms with Crippen LogP contribution in [0.15, 0.2) is 29.3 Å². The van der Waals surface area contributed by atoms with E-state index < -0.39 is 52.5 Å². The lowest BCUT2D eigenvalue weighted by Crippen LogP contribution is -2.29. The number of nitrogens with zero attached hydrogens (tertiary/aromatic N) is 3. The zero-order chi connectivity index (χ0) is 25.7. The summed E-state index contributed by atoms with van der Waals surface area (Å²) >= 11 is 0. The first-order valence-electron chi connectivity index (χ1n) is 9.73. The maximum Gasteiger partial charge on any atom is 0.433 e. The Balaban J connectivity index is 2.87. The van der Waals surface area contributed by atoms with Crippen LogP contribution in [0.1, 0.15) is 43.5 Å². The van der Waals surface area contributed by atoms with Crippen LogP contribution in [0.25, 0.3) is 0 Å². The van der Waals surface area contributed by atoms with Gasteiger partial charge in [-0.1, -0.05) is 19.3 Å². The SMILES string of the molecule is CC#CCOc1cc(C(F)(F)F)nc(=Nc2ccc(C(F)(F)F)cc2C(F)(F)F)n1CCCC. The second-order valence-electron chi connectivity index (χ2n) is 6.84. The Morgan fingerprint density at radius 2 is 1.65 bits per heavy atom. The molecule has 186 valence electrons. The zero-order valence-electron chi connectivity index (χ0n) is 17.8. The van der Waals surface area contributed by atoms with Crippen LogP contribution in [0, 0.1) is 11.8 Å².